The summed E-state index contributed by atoms with van der Waals surface area (Å²) in [7, 11) is 0. The van der Waals surface area contributed by atoms with Gasteiger partial charge < -0.3 is 5.73 Å². The molecule has 5 nitrogen and oxygen atoms in total. The van der Waals surface area contributed by atoms with Crippen LogP contribution in [0.15, 0.2) is 146 Å². The van der Waals surface area contributed by atoms with Gasteiger partial charge in [-0.15, -0.1) is 0 Å². The molecule has 0 bridgehead atoms. The van der Waals surface area contributed by atoms with Crippen LogP contribution in [0.1, 0.15) is 5.56 Å². The van der Waals surface area contributed by atoms with E-state index in [1.165, 1.54) is 0 Å². The molecular formula is C38H27N5. The van der Waals surface area contributed by atoms with Gasteiger partial charge in [0.25, 0.3) is 0 Å². The number of fused-ring (bicyclic) bond motifs is 1. The predicted octanol–water partition coefficient (Wildman–Crippen LogP) is 8.64. The van der Waals surface area contributed by atoms with E-state index in [0.717, 1.165) is 49.7 Å². The van der Waals surface area contributed by atoms with Crippen molar-refractivity contribution in [3.8, 4) is 56.4 Å². The normalized spacial score (nSPS) is 11.0. The van der Waals surface area contributed by atoms with Gasteiger partial charge in [-0.05, 0) is 45.2 Å². The van der Waals surface area contributed by atoms with Gasteiger partial charge in [-0.2, -0.15) is 0 Å². The fourth-order valence-corrected chi connectivity index (χ4v) is 5.44. The fraction of sp³-hybridized carbons (Fsp3) is 0. The quantitative estimate of drug-likeness (QED) is 0.159. The third-order valence-electron chi connectivity index (χ3n) is 7.52. The van der Waals surface area contributed by atoms with Crippen LogP contribution in [-0.4, -0.2) is 20.8 Å². The summed E-state index contributed by atoms with van der Waals surface area (Å²) in [5, 5.41) is 10.2. The molecule has 0 aliphatic rings. The average molecular weight is 554 g/mol. The van der Waals surface area contributed by atoms with Crippen LogP contribution in [-0.2, 0) is 0 Å². The van der Waals surface area contributed by atoms with Crippen LogP contribution >= 0.6 is 0 Å². The minimum Gasteiger partial charge on any atom is -0.384 e. The average Bonchev–Trinajstić information content (AvgIpc) is 3.08. The summed E-state index contributed by atoms with van der Waals surface area (Å²) in [6.07, 6.45) is 0. The zero-order valence-electron chi connectivity index (χ0n) is 23.3. The molecule has 3 N–H and O–H groups in total. The van der Waals surface area contributed by atoms with E-state index >= 15 is 0 Å². The third kappa shape index (κ3) is 5.16. The van der Waals surface area contributed by atoms with Crippen molar-refractivity contribution in [1.82, 2.24) is 15.0 Å². The molecule has 7 rings (SSSR count). The van der Waals surface area contributed by atoms with Crippen molar-refractivity contribution < 1.29 is 0 Å². The van der Waals surface area contributed by atoms with E-state index in [-0.39, 0.29) is 5.84 Å². The Labute approximate surface area is 249 Å². The molecule has 0 spiro atoms. The van der Waals surface area contributed by atoms with E-state index in [1.807, 2.05) is 84.9 Å². The van der Waals surface area contributed by atoms with Gasteiger partial charge in [0.2, 0.25) is 0 Å². The number of nitrogens with one attached hydrogen (secondary N) is 1. The number of hydrogen-bond donors (Lipinski definition) is 2. The molecule has 0 aliphatic carbocycles. The highest BCUT2D eigenvalue weighted by Crippen LogP contribution is 2.38. The van der Waals surface area contributed by atoms with Crippen LogP contribution in [0.25, 0.3) is 67.2 Å². The summed E-state index contributed by atoms with van der Waals surface area (Å²) in [5.74, 6) is 1.93. The van der Waals surface area contributed by atoms with Crippen molar-refractivity contribution in [1.29, 1.82) is 5.41 Å². The Hall–Kier alpha value is -5.94. The van der Waals surface area contributed by atoms with Gasteiger partial charge in [0, 0.05) is 22.3 Å². The van der Waals surface area contributed by atoms with Gasteiger partial charge in [0.05, 0.1) is 0 Å². The number of benzene rings is 6. The number of nitrogens with two attached hydrogens (primary N) is 1. The Morgan fingerprint density at radius 3 is 1.44 bits per heavy atom. The summed E-state index contributed by atoms with van der Waals surface area (Å²) >= 11 is 0. The molecule has 7 aromatic rings. The van der Waals surface area contributed by atoms with E-state index in [4.69, 9.17) is 26.1 Å². The van der Waals surface area contributed by atoms with Crippen LogP contribution in [0.4, 0.5) is 0 Å². The highest BCUT2D eigenvalue weighted by Gasteiger charge is 2.15. The molecule has 5 heteroatoms. The minimum atomic E-state index is 0.0529. The van der Waals surface area contributed by atoms with Crippen molar-refractivity contribution in [3.05, 3.63) is 151 Å². The Balaban J connectivity index is 1.40. The van der Waals surface area contributed by atoms with Gasteiger partial charge in [-0.3, -0.25) is 5.41 Å². The molecule has 1 heterocycles. The number of aromatic nitrogens is 3. The van der Waals surface area contributed by atoms with Gasteiger partial charge in [0.1, 0.15) is 5.84 Å². The van der Waals surface area contributed by atoms with Crippen LogP contribution in [0.2, 0.25) is 0 Å². The molecule has 0 saturated heterocycles. The third-order valence-corrected chi connectivity index (χ3v) is 7.52. The SMILES string of the molecule is N=C(N)c1cccc(-c2cccc3cccc(-c4cccc(-c5nc(-c6ccccc6)nc(-c6ccccc6)n5)c4)c23)c1. The second kappa shape index (κ2) is 11.1. The van der Waals surface area contributed by atoms with Gasteiger partial charge in [0.15, 0.2) is 17.5 Å². The summed E-state index contributed by atoms with van der Waals surface area (Å²) in [5.41, 5.74) is 13.6. The molecule has 0 saturated carbocycles. The van der Waals surface area contributed by atoms with Crippen LogP contribution < -0.4 is 5.73 Å². The lowest BCUT2D eigenvalue weighted by Crippen LogP contribution is -2.10. The molecule has 0 radical (unpaired) electrons. The second-order valence-electron chi connectivity index (χ2n) is 10.3. The maximum Gasteiger partial charge on any atom is 0.164 e. The smallest absolute Gasteiger partial charge is 0.164 e. The lowest BCUT2D eigenvalue weighted by Gasteiger charge is -2.14. The van der Waals surface area contributed by atoms with E-state index in [0.29, 0.717) is 23.0 Å². The first-order valence-electron chi connectivity index (χ1n) is 14.1. The van der Waals surface area contributed by atoms with Crippen molar-refractivity contribution in [2.45, 2.75) is 0 Å². The van der Waals surface area contributed by atoms with Crippen LogP contribution in [0.3, 0.4) is 0 Å². The summed E-state index contributed by atoms with van der Waals surface area (Å²) in [6, 6.07) is 48.9. The van der Waals surface area contributed by atoms with Crippen molar-refractivity contribution in [2.75, 3.05) is 0 Å². The zero-order chi connectivity index (χ0) is 29.2. The summed E-state index contributed by atoms with van der Waals surface area (Å²) in [4.78, 5) is 14.7. The highest BCUT2D eigenvalue weighted by molar-refractivity contribution is 6.07. The number of hydrogen-bond acceptors (Lipinski definition) is 4. The molecule has 6 aromatic carbocycles. The van der Waals surface area contributed by atoms with Crippen molar-refractivity contribution in [2.24, 2.45) is 5.73 Å². The number of rotatable bonds is 6. The van der Waals surface area contributed by atoms with Gasteiger partial charge >= 0.3 is 0 Å². The Morgan fingerprint density at radius 2 is 0.884 bits per heavy atom. The molecule has 0 fully saturated rings. The lowest BCUT2D eigenvalue weighted by molar-refractivity contribution is 1.07. The first kappa shape index (κ1) is 26.0. The van der Waals surface area contributed by atoms with E-state index in [1.54, 1.807) is 0 Å². The molecule has 0 unspecified atom stereocenters. The molecule has 0 atom stereocenters. The molecule has 0 aliphatic heterocycles. The van der Waals surface area contributed by atoms with E-state index < -0.39 is 0 Å². The first-order chi connectivity index (χ1) is 21.1. The molecule has 0 amide bonds. The molecule has 204 valence electrons. The largest absolute Gasteiger partial charge is 0.384 e. The van der Waals surface area contributed by atoms with E-state index in [9.17, 15) is 0 Å². The van der Waals surface area contributed by atoms with Crippen LogP contribution in [0, 0.1) is 5.41 Å². The number of nitrogen functional groups attached to an aromatic ring is 1. The number of nitrogens with zero attached hydrogens (tertiary/aromatic N) is 3. The van der Waals surface area contributed by atoms with E-state index in [2.05, 4.69) is 60.7 Å². The summed E-state index contributed by atoms with van der Waals surface area (Å²) < 4.78 is 0. The zero-order valence-corrected chi connectivity index (χ0v) is 23.3. The maximum atomic E-state index is 7.94. The molecule has 1 aromatic heterocycles. The minimum absolute atomic E-state index is 0.0529. The monoisotopic (exact) mass is 553 g/mol. The fourth-order valence-electron chi connectivity index (χ4n) is 5.44. The predicted molar refractivity (Wildman–Crippen MR) is 176 cm³/mol. The van der Waals surface area contributed by atoms with Gasteiger partial charge in [-0.25, -0.2) is 15.0 Å². The van der Waals surface area contributed by atoms with Crippen molar-refractivity contribution >= 4 is 16.6 Å². The number of amidine groups is 1. The first-order valence-corrected chi connectivity index (χ1v) is 14.1. The Bertz CT molecular complexity index is 2040. The topological polar surface area (TPSA) is 88.5 Å². The van der Waals surface area contributed by atoms with Crippen LogP contribution in [0.5, 0.6) is 0 Å². The standard InChI is InChI=1S/C38H27N5/c39-35(40)30-19-7-17-28(23-30)32-21-9-15-25-16-10-22-33(34(25)32)29-18-8-20-31(24-29)38-42-36(26-11-3-1-4-12-26)41-37(43-38)27-13-5-2-6-14-27/h1-24H,(H3,39,40). The van der Waals surface area contributed by atoms with Crippen molar-refractivity contribution in [3.63, 3.8) is 0 Å². The molecule has 43 heavy (non-hydrogen) atoms. The lowest BCUT2D eigenvalue weighted by atomic mass is 9.90. The Kier molecular flexibility index (Phi) is 6.74. The second-order valence-corrected chi connectivity index (χ2v) is 10.3. The molecular weight excluding hydrogens is 526 g/mol. The maximum absolute atomic E-state index is 7.94. The Morgan fingerprint density at radius 1 is 0.442 bits per heavy atom. The van der Waals surface area contributed by atoms with Gasteiger partial charge in [-0.1, -0.05) is 133 Å². The highest BCUT2D eigenvalue weighted by atomic mass is 15.0. The summed E-state index contributed by atoms with van der Waals surface area (Å²) in [6.45, 7) is 0.